The zero-order valence-electron chi connectivity index (χ0n) is 21.3. The summed E-state index contributed by atoms with van der Waals surface area (Å²) in [5, 5.41) is 8.73. The molecule has 7 heteroatoms. The molecule has 0 aromatic heterocycles. The number of allylic oxidation sites excluding steroid dienone is 4. The summed E-state index contributed by atoms with van der Waals surface area (Å²) in [5.41, 5.74) is -0.478. The molecule has 0 aliphatic heterocycles. The molecule has 2 aliphatic rings. The summed E-state index contributed by atoms with van der Waals surface area (Å²) in [4.78, 5) is 59.4. The second-order valence-corrected chi connectivity index (χ2v) is 10.8. The van der Waals surface area contributed by atoms with Crippen LogP contribution >= 0.6 is 0 Å². The number of carboxylic acid groups (broad SMARTS) is 1. The Morgan fingerprint density at radius 3 is 2.26 bits per heavy atom. The zero-order valence-corrected chi connectivity index (χ0v) is 21.3. The zero-order chi connectivity index (χ0) is 26.0. The van der Waals surface area contributed by atoms with Gasteiger partial charge in [0.1, 0.15) is 0 Å². The fourth-order valence-electron chi connectivity index (χ4n) is 4.91. The predicted octanol–water partition coefficient (Wildman–Crippen LogP) is 4.87. The normalized spacial score (nSPS) is 24.6. The van der Waals surface area contributed by atoms with E-state index in [2.05, 4.69) is 6.08 Å². The van der Waals surface area contributed by atoms with Crippen LogP contribution < -0.4 is 0 Å². The molecular weight excluding hydrogens is 448 g/mol. The molecule has 2 bridgehead atoms. The number of carbonyl (C=O) groups excluding carboxylic acids is 4. The van der Waals surface area contributed by atoms with Gasteiger partial charge in [-0.3, -0.25) is 24.0 Å². The summed E-state index contributed by atoms with van der Waals surface area (Å²) in [7, 11) is 0. The molecule has 4 atom stereocenters. The minimum Gasteiger partial charge on any atom is -0.481 e. The number of unbranched alkanes of at least 4 members (excludes halogenated alkanes) is 5. The van der Waals surface area contributed by atoms with Crippen molar-refractivity contribution in [3.8, 4) is 0 Å². The molecule has 0 unspecified atom stereocenters. The Morgan fingerprint density at radius 1 is 0.914 bits per heavy atom. The lowest BCUT2D eigenvalue weighted by molar-refractivity contribution is -0.153. The number of esters is 1. The van der Waals surface area contributed by atoms with E-state index in [9.17, 15) is 24.0 Å². The second kappa shape index (κ2) is 13.5. The summed E-state index contributed by atoms with van der Waals surface area (Å²) in [6, 6.07) is 0. The summed E-state index contributed by atoms with van der Waals surface area (Å²) in [5.74, 6) is -3.94. The Labute approximate surface area is 208 Å². The molecule has 0 saturated heterocycles. The van der Waals surface area contributed by atoms with Crippen LogP contribution in [-0.4, -0.2) is 41.0 Å². The fourth-order valence-corrected chi connectivity index (χ4v) is 4.91. The van der Waals surface area contributed by atoms with Gasteiger partial charge in [0.15, 0.2) is 0 Å². The Kier molecular flexibility index (Phi) is 11.1. The number of Topliss-reactive ketones (excluding diaryl/α,β-unsaturated/α-hetero) is 3. The van der Waals surface area contributed by atoms with Crippen LogP contribution in [0.4, 0.5) is 0 Å². The van der Waals surface area contributed by atoms with Crippen LogP contribution in [0.25, 0.3) is 0 Å². The van der Waals surface area contributed by atoms with Gasteiger partial charge in [-0.2, -0.15) is 0 Å². The van der Waals surface area contributed by atoms with Gasteiger partial charge in [-0.05, 0) is 77.6 Å². The van der Waals surface area contributed by atoms with Crippen molar-refractivity contribution >= 4 is 29.3 Å². The highest BCUT2D eigenvalue weighted by molar-refractivity contribution is 6.65. The molecule has 2 saturated carbocycles. The van der Waals surface area contributed by atoms with E-state index < -0.39 is 40.6 Å². The predicted molar refractivity (Wildman–Crippen MR) is 131 cm³/mol. The van der Waals surface area contributed by atoms with E-state index in [0.29, 0.717) is 32.3 Å². The van der Waals surface area contributed by atoms with Crippen molar-refractivity contribution in [1.82, 2.24) is 0 Å². The van der Waals surface area contributed by atoms with Gasteiger partial charge in [-0.15, -0.1) is 0 Å². The van der Waals surface area contributed by atoms with Crippen molar-refractivity contribution < 1.29 is 33.8 Å². The largest absolute Gasteiger partial charge is 0.481 e. The Bertz CT molecular complexity index is 846. The third-order valence-corrected chi connectivity index (χ3v) is 6.91. The van der Waals surface area contributed by atoms with Gasteiger partial charge >= 0.3 is 11.9 Å². The van der Waals surface area contributed by atoms with E-state index in [4.69, 9.17) is 9.84 Å². The number of hydrogen-bond donors (Lipinski definition) is 1. The van der Waals surface area contributed by atoms with E-state index in [-0.39, 0.29) is 24.2 Å². The molecule has 2 rings (SSSR count). The number of rotatable bonds is 14. The van der Waals surface area contributed by atoms with Gasteiger partial charge in [0.2, 0.25) is 11.6 Å². The number of aliphatic carboxylic acids is 1. The fraction of sp³-hybridized carbons (Fsp3) is 0.679. The van der Waals surface area contributed by atoms with E-state index >= 15 is 0 Å². The minimum absolute atomic E-state index is 0.0765. The third kappa shape index (κ3) is 8.55. The van der Waals surface area contributed by atoms with Gasteiger partial charge in [0.05, 0.1) is 12.0 Å². The Morgan fingerprint density at radius 2 is 1.57 bits per heavy atom. The maximum Gasteiger partial charge on any atom is 0.311 e. The minimum atomic E-state index is -0.843. The number of fused-ring (bicyclic) bond motifs is 2. The third-order valence-electron chi connectivity index (χ3n) is 6.91. The van der Waals surface area contributed by atoms with Gasteiger partial charge in [0.25, 0.3) is 5.78 Å². The van der Waals surface area contributed by atoms with Crippen molar-refractivity contribution in [3.05, 3.63) is 24.3 Å². The maximum atomic E-state index is 12.5. The molecule has 0 aromatic rings. The average molecular weight is 489 g/mol. The topological polar surface area (TPSA) is 115 Å². The molecule has 0 heterocycles. The van der Waals surface area contributed by atoms with Crippen LogP contribution in [0.2, 0.25) is 0 Å². The lowest BCUT2D eigenvalue weighted by Gasteiger charge is -2.19. The average Bonchev–Trinajstić information content (AvgIpc) is 3.12. The quantitative estimate of drug-likeness (QED) is 0.160. The molecule has 0 radical (unpaired) electrons. The number of carbonyl (C=O) groups is 5. The van der Waals surface area contributed by atoms with Crippen molar-refractivity contribution in [2.45, 2.75) is 85.0 Å². The molecule has 1 N–H and O–H groups in total. The van der Waals surface area contributed by atoms with Gasteiger partial charge in [-0.1, -0.05) is 37.1 Å². The number of ether oxygens (including phenoxy) is 1. The first kappa shape index (κ1) is 28.7. The summed E-state index contributed by atoms with van der Waals surface area (Å²) >= 11 is 0. The highest BCUT2D eigenvalue weighted by atomic mass is 16.5. The molecule has 2 aliphatic carbocycles. The molecule has 0 amide bonds. The number of ketones is 3. The van der Waals surface area contributed by atoms with Gasteiger partial charge in [-0.25, -0.2) is 0 Å². The van der Waals surface area contributed by atoms with Crippen LogP contribution in [0.1, 0.15) is 85.0 Å². The molecule has 35 heavy (non-hydrogen) atoms. The van der Waals surface area contributed by atoms with Crippen LogP contribution in [0.5, 0.6) is 0 Å². The lowest BCUT2D eigenvalue weighted by atomic mass is 9.83. The molecule has 2 fully saturated rings. The Hall–Kier alpha value is -2.57. The van der Waals surface area contributed by atoms with Gasteiger partial charge in [0, 0.05) is 18.3 Å². The van der Waals surface area contributed by atoms with Crippen molar-refractivity contribution in [1.29, 1.82) is 0 Å². The van der Waals surface area contributed by atoms with E-state index in [0.717, 1.165) is 32.1 Å². The standard InChI is InChI=1S/C28H40O7/c1-28(2,3)27(34)35-17-13-9-5-4-6-10-14-19-20(15-11-7-8-12-16-23(29)30)22-18-21(19)24(31)26(33)25(22)32/h7,10-11,14,19-22H,4-6,8-9,12-13,15-18H2,1-3H3,(H,29,30)/t19-,20-,21-,22-/m1/s1. The van der Waals surface area contributed by atoms with Crippen LogP contribution in [0.3, 0.4) is 0 Å². The summed E-state index contributed by atoms with van der Waals surface area (Å²) < 4.78 is 5.27. The van der Waals surface area contributed by atoms with E-state index in [1.165, 1.54) is 0 Å². The number of carboxylic acids is 1. The highest BCUT2D eigenvalue weighted by Crippen LogP contribution is 2.48. The molecule has 7 nitrogen and oxygen atoms in total. The first-order chi connectivity index (χ1) is 16.5. The van der Waals surface area contributed by atoms with E-state index in [1.54, 1.807) is 0 Å². The summed E-state index contributed by atoms with van der Waals surface area (Å²) in [6.45, 7) is 5.94. The molecule has 0 spiro atoms. The molecule has 0 aromatic carbocycles. The van der Waals surface area contributed by atoms with Crippen molar-refractivity contribution in [2.75, 3.05) is 6.61 Å². The monoisotopic (exact) mass is 488 g/mol. The van der Waals surface area contributed by atoms with Crippen molar-refractivity contribution in [3.63, 3.8) is 0 Å². The highest BCUT2D eigenvalue weighted by Gasteiger charge is 2.55. The molecule has 194 valence electrons. The maximum absolute atomic E-state index is 12.5. The smallest absolute Gasteiger partial charge is 0.311 e. The first-order valence-corrected chi connectivity index (χ1v) is 12.9. The van der Waals surface area contributed by atoms with Gasteiger partial charge < -0.3 is 9.84 Å². The Balaban J connectivity index is 1.81. The van der Waals surface area contributed by atoms with Crippen molar-refractivity contribution in [2.24, 2.45) is 29.1 Å². The molecular formula is C28H40O7. The number of hydrogen-bond acceptors (Lipinski definition) is 6. The van der Waals surface area contributed by atoms with Crippen LogP contribution in [-0.2, 0) is 28.7 Å². The van der Waals surface area contributed by atoms with E-state index in [1.807, 2.05) is 39.0 Å². The van der Waals surface area contributed by atoms with Crippen LogP contribution in [0, 0.1) is 29.1 Å². The first-order valence-electron chi connectivity index (χ1n) is 12.9. The SMILES string of the molecule is CC(C)(C)C(=O)OCCCCCCC=C[C@@H]1[C@@H](CC=CCCCC(=O)O)[C@H]2C[C@H]1C(=O)C(=O)C2=O. The lowest BCUT2D eigenvalue weighted by Crippen LogP contribution is -2.38. The second-order valence-electron chi connectivity index (χ2n) is 10.8. The summed E-state index contributed by atoms with van der Waals surface area (Å²) in [6.07, 6.45) is 15.0. The van der Waals surface area contributed by atoms with Crippen LogP contribution in [0.15, 0.2) is 24.3 Å².